The van der Waals surface area contributed by atoms with Crippen LogP contribution in [-0.2, 0) is 6.42 Å². The Hall–Kier alpha value is -0.880. The minimum Gasteiger partial charge on any atom is -0.249 e. The highest BCUT2D eigenvalue weighted by Gasteiger charge is 1.92. The number of nitriles is 1. The SMILES string of the molecule is N#CCCc1ccnc(Br)c1. The Morgan fingerprint density at radius 3 is 3.09 bits per heavy atom. The second-order valence-electron chi connectivity index (χ2n) is 2.14. The molecule has 0 radical (unpaired) electrons. The van der Waals surface area contributed by atoms with Gasteiger partial charge in [0.2, 0.25) is 0 Å². The van der Waals surface area contributed by atoms with Crippen LogP contribution in [0.4, 0.5) is 0 Å². The van der Waals surface area contributed by atoms with E-state index in [1.807, 2.05) is 12.1 Å². The maximum absolute atomic E-state index is 8.32. The van der Waals surface area contributed by atoms with Crippen molar-refractivity contribution < 1.29 is 0 Å². The molecule has 0 aliphatic heterocycles. The molecule has 0 aliphatic rings. The van der Waals surface area contributed by atoms with E-state index in [0.717, 1.165) is 16.6 Å². The van der Waals surface area contributed by atoms with E-state index in [4.69, 9.17) is 5.26 Å². The van der Waals surface area contributed by atoms with Crippen molar-refractivity contribution in [2.45, 2.75) is 12.8 Å². The van der Waals surface area contributed by atoms with Gasteiger partial charge in [0.15, 0.2) is 0 Å². The van der Waals surface area contributed by atoms with Gasteiger partial charge in [0.25, 0.3) is 0 Å². The van der Waals surface area contributed by atoms with E-state index in [2.05, 4.69) is 27.0 Å². The fourth-order valence-electron chi connectivity index (χ4n) is 0.798. The van der Waals surface area contributed by atoms with Gasteiger partial charge < -0.3 is 0 Å². The fraction of sp³-hybridized carbons (Fsp3) is 0.250. The topological polar surface area (TPSA) is 36.7 Å². The molecule has 0 aromatic carbocycles. The molecule has 0 bridgehead atoms. The highest BCUT2D eigenvalue weighted by molar-refractivity contribution is 9.10. The van der Waals surface area contributed by atoms with Gasteiger partial charge in [-0.05, 0) is 40.0 Å². The van der Waals surface area contributed by atoms with Gasteiger partial charge in [-0.1, -0.05) is 0 Å². The first kappa shape index (κ1) is 8.22. The van der Waals surface area contributed by atoms with Crippen LogP contribution in [0.5, 0.6) is 0 Å². The van der Waals surface area contributed by atoms with Gasteiger partial charge in [-0.25, -0.2) is 4.98 Å². The molecule has 0 atom stereocenters. The lowest BCUT2D eigenvalue weighted by Crippen LogP contribution is -1.84. The first-order chi connectivity index (χ1) is 5.33. The molecule has 1 rings (SSSR count). The Labute approximate surface area is 74.0 Å². The molecule has 56 valence electrons. The number of aromatic nitrogens is 1. The van der Waals surface area contributed by atoms with Gasteiger partial charge in [0.05, 0.1) is 6.07 Å². The smallest absolute Gasteiger partial charge is 0.106 e. The van der Waals surface area contributed by atoms with E-state index in [1.54, 1.807) is 6.20 Å². The Bertz CT molecular complexity index is 278. The van der Waals surface area contributed by atoms with Crippen LogP contribution >= 0.6 is 15.9 Å². The zero-order valence-corrected chi connectivity index (χ0v) is 7.50. The third kappa shape index (κ3) is 2.69. The molecule has 2 nitrogen and oxygen atoms in total. The predicted octanol–water partition coefficient (Wildman–Crippen LogP) is 2.30. The molecule has 3 heteroatoms. The molecule has 0 saturated heterocycles. The number of pyridine rings is 1. The van der Waals surface area contributed by atoms with Gasteiger partial charge in [-0.2, -0.15) is 5.26 Å². The van der Waals surface area contributed by atoms with Crippen LogP contribution in [0.2, 0.25) is 0 Å². The Morgan fingerprint density at radius 1 is 1.64 bits per heavy atom. The standard InChI is InChI=1S/C8H7BrN2/c9-8-6-7(2-1-4-10)3-5-11-8/h3,5-6H,1-2H2. The number of halogens is 1. The van der Waals surface area contributed by atoms with Gasteiger partial charge in [-0.3, -0.25) is 0 Å². The predicted molar refractivity (Wildman–Crippen MR) is 45.9 cm³/mol. The number of hydrogen-bond donors (Lipinski definition) is 0. The van der Waals surface area contributed by atoms with Crippen molar-refractivity contribution in [3.05, 3.63) is 28.5 Å². The highest BCUT2D eigenvalue weighted by atomic mass is 79.9. The molecule has 0 fully saturated rings. The van der Waals surface area contributed by atoms with Crippen LogP contribution in [0.15, 0.2) is 22.9 Å². The van der Waals surface area contributed by atoms with Crippen molar-refractivity contribution in [3.63, 3.8) is 0 Å². The first-order valence-electron chi connectivity index (χ1n) is 3.30. The molecule has 0 spiro atoms. The zero-order valence-electron chi connectivity index (χ0n) is 5.92. The summed E-state index contributed by atoms with van der Waals surface area (Å²) in [6, 6.07) is 5.95. The molecule has 0 amide bonds. The molecule has 0 saturated carbocycles. The summed E-state index contributed by atoms with van der Waals surface area (Å²) in [5.41, 5.74) is 1.15. The second-order valence-corrected chi connectivity index (χ2v) is 2.96. The lowest BCUT2D eigenvalue weighted by molar-refractivity contribution is 1.000. The number of rotatable bonds is 2. The fourth-order valence-corrected chi connectivity index (χ4v) is 1.21. The van der Waals surface area contributed by atoms with Crippen LogP contribution in [0.1, 0.15) is 12.0 Å². The summed E-state index contributed by atoms with van der Waals surface area (Å²) in [4.78, 5) is 3.98. The minimum atomic E-state index is 0.566. The van der Waals surface area contributed by atoms with Crippen LogP contribution in [-0.4, -0.2) is 4.98 Å². The van der Waals surface area contributed by atoms with Crippen molar-refractivity contribution in [1.29, 1.82) is 5.26 Å². The van der Waals surface area contributed by atoms with Crippen molar-refractivity contribution in [2.24, 2.45) is 0 Å². The minimum absolute atomic E-state index is 0.566. The third-order valence-corrected chi connectivity index (χ3v) is 1.75. The lowest BCUT2D eigenvalue weighted by atomic mass is 10.2. The van der Waals surface area contributed by atoms with Crippen molar-refractivity contribution in [2.75, 3.05) is 0 Å². The third-order valence-electron chi connectivity index (χ3n) is 1.32. The molecule has 11 heavy (non-hydrogen) atoms. The molecule has 1 aromatic heterocycles. The van der Waals surface area contributed by atoms with Crippen LogP contribution in [0, 0.1) is 11.3 Å². The molecule has 1 heterocycles. The average Bonchev–Trinajstić information content (AvgIpc) is 2.01. The summed E-state index contributed by atoms with van der Waals surface area (Å²) in [7, 11) is 0. The number of hydrogen-bond acceptors (Lipinski definition) is 2. The molecule has 0 N–H and O–H groups in total. The van der Waals surface area contributed by atoms with Gasteiger partial charge in [-0.15, -0.1) is 0 Å². The number of nitrogens with zero attached hydrogens (tertiary/aromatic N) is 2. The molecular formula is C8H7BrN2. The normalized spacial score (nSPS) is 9.09. The maximum atomic E-state index is 8.32. The quantitative estimate of drug-likeness (QED) is 0.703. The maximum Gasteiger partial charge on any atom is 0.106 e. The van der Waals surface area contributed by atoms with Gasteiger partial charge in [0.1, 0.15) is 4.60 Å². The van der Waals surface area contributed by atoms with E-state index >= 15 is 0 Å². The van der Waals surface area contributed by atoms with E-state index in [0.29, 0.717) is 6.42 Å². The first-order valence-corrected chi connectivity index (χ1v) is 4.09. The Balaban J connectivity index is 2.65. The monoisotopic (exact) mass is 210 g/mol. The van der Waals surface area contributed by atoms with Crippen LogP contribution in [0.3, 0.4) is 0 Å². The highest BCUT2D eigenvalue weighted by Crippen LogP contribution is 2.09. The summed E-state index contributed by atoms with van der Waals surface area (Å²) >= 11 is 3.26. The van der Waals surface area contributed by atoms with Crippen molar-refractivity contribution >= 4 is 15.9 Å². The van der Waals surface area contributed by atoms with Gasteiger partial charge >= 0.3 is 0 Å². The molecule has 0 aliphatic carbocycles. The summed E-state index contributed by atoms with van der Waals surface area (Å²) in [6.07, 6.45) is 3.10. The molecule has 0 unspecified atom stereocenters. The summed E-state index contributed by atoms with van der Waals surface area (Å²) in [5, 5.41) is 8.32. The van der Waals surface area contributed by atoms with E-state index in [1.165, 1.54) is 0 Å². The van der Waals surface area contributed by atoms with Gasteiger partial charge in [0, 0.05) is 12.6 Å². The molecular weight excluding hydrogens is 204 g/mol. The van der Waals surface area contributed by atoms with E-state index in [9.17, 15) is 0 Å². The summed E-state index contributed by atoms with van der Waals surface area (Å²) in [6.45, 7) is 0. The van der Waals surface area contributed by atoms with E-state index < -0.39 is 0 Å². The van der Waals surface area contributed by atoms with Crippen molar-refractivity contribution in [1.82, 2.24) is 4.98 Å². The molecule has 1 aromatic rings. The lowest BCUT2D eigenvalue weighted by Gasteiger charge is -1.95. The Morgan fingerprint density at radius 2 is 2.45 bits per heavy atom. The zero-order chi connectivity index (χ0) is 8.10. The second kappa shape index (κ2) is 4.09. The summed E-state index contributed by atoms with van der Waals surface area (Å²) < 4.78 is 0.827. The average molecular weight is 211 g/mol. The Kier molecular flexibility index (Phi) is 3.06. The van der Waals surface area contributed by atoms with Crippen molar-refractivity contribution in [3.8, 4) is 6.07 Å². The van der Waals surface area contributed by atoms with E-state index in [-0.39, 0.29) is 0 Å². The largest absolute Gasteiger partial charge is 0.249 e. The number of aryl methyl sites for hydroxylation is 1. The van der Waals surface area contributed by atoms with Crippen LogP contribution < -0.4 is 0 Å². The summed E-state index contributed by atoms with van der Waals surface area (Å²) in [5.74, 6) is 0. The van der Waals surface area contributed by atoms with Crippen LogP contribution in [0.25, 0.3) is 0 Å².